The summed E-state index contributed by atoms with van der Waals surface area (Å²) in [6.45, 7) is 7.92. The van der Waals surface area contributed by atoms with E-state index in [0.29, 0.717) is 72.3 Å². The predicted octanol–water partition coefficient (Wildman–Crippen LogP) is 5.02. The maximum absolute atomic E-state index is 13.1. The van der Waals surface area contributed by atoms with Gasteiger partial charge in [0.15, 0.2) is 5.75 Å². The number of anilines is 2. The van der Waals surface area contributed by atoms with Crippen LogP contribution >= 0.6 is 0 Å². The van der Waals surface area contributed by atoms with Crippen LogP contribution < -0.4 is 25.4 Å². The first-order valence-electron chi connectivity index (χ1n) is 12.6. The van der Waals surface area contributed by atoms with Gasteiger partial charge in [-0.15, -0.1) is 0 Å². The Morgan fingerprint density at radius 3 is 2.58 bits per heavy atom. The average Bonchev–Trinajstić information content (AvgIpc) is 2.86. The summed E-state index contributed by atoms with van der Waals surface area (Å²) < 4.78 is 22.0. The molecule has 0 saturated carbocycles. The largest absolute Gasteiger partial charge is 0.484 e. The number of benzene rings is 1. The number of nitrogens with zero attached hydrogens (tertiary/aromatic N) is 1. The van der Waals surface area contributed by atoms with Gasteiger partial charge in [-0.05, 0) is 51.8 Å². The van der Waals surface area contributed by atoms with Crippen LogP contribution in [0.15, 0.2) is 24.3 Å². The number of pyridine rings is 1. The zero-order chi connectivity index (χ0) is 27.4. The monoisotopic (exact) mass is 526 g/mol. The summed E-state index contributed by atoms with van der Waals surface area (Å²) in [5, 5.41) is 8.58. The average molecular weight is 527 g/mol. The number of methoxy groups -OCH3 is 1. The van der Waals surface area contributed by atoms with E-state index in [2.05, 4.69) is 16.0 Å². The Morgan fingerprint density at radius 2 is 1.84 bits per heavy atom. The first-order valence-corrected chi connectivity index (χ1v) is 12.6. The van der Waals surface area contributed by atoms with E-state index < -0.39 is 23.8 Å². The number of aromatic nitrogens is 1. The van der Waals surface area contributed by atoms with E-state index in [4.69, 9.17) is 23.9 Å². The molecule has 2 aromatic rings. The number of hydrogen-bond acceptors (Lipinski definition) is 8. The molecule has 2 bridgehead atoms. The second kappa shape index (κ2) is 11.2. The van der Waals surface area contributed by atoms with E-state index in [-0.39, 0.29) is 11.8 Å². The molecule has 38 heavy (non-hydrogen) atoms. The Kier molecular flexibility index (Phi) is 7.94. The molecular weight excluding hydrogens is 492 g/mol. The van der Waals surface area contributed by atoms with Gasteiger partial charge < -0.3 is 29.6 Å². The Hall–Kier alpha value is -4.02. The molecule has 4 rings (SSSR count). The van der Waals surface area contributed by atoms with E-state index in [1.54, 1.807) is 39.0 Å². The van der Waals surface area contributed by atoms with Gasteiger partial charge in [0.1, 0.15) is 18.8 Å². The fraction of sp³-hybridized carbons (Fsp3) is 0.481. The third-order valence-electron chi connectivity index (χ3n) is 6.16. The molecule has 0 radical (unpaired) electrons. The summed E-state index contributed by atoms with van der Waals surface area (Å²) in [4.78, 5) is 42.4. The SMILES string of the molecule is COC(=O)Nc1ccc2c(c1)NC(=O)[C@H](C)CCC[C@H](NC(=O)OC(C)(C)C)c1cc-2c2c(n1)OCCO2. The summed E-state index contributed by atoms with van der Waals surface area (Å²) in [6.07, 6.45) is 0.590. The highest BCUT2D eigenvalue weighted by molar-refractivity contribution is 5.99. The highest BCUT2D eigenvalue weighted by Gasteiger charge is 2.29. The summed E-state index contributed by atoms with van der Waals surface area (Å²) in [5.74, 6) is 0.269. The van der Waals surface area contributed by atoms with Crippen molar-refractivity contribution in [3.8, 4) is 22.8 Å². The molecule has 3 heterocycles. The number of nitrogens with one attached hydrogen (secondary N) is 3. The summed E-state index contributed by atoms with van der Waals surface area (Å²) in [5.41, 5.74) is 2.11. The lowest BCUT2D eigenvalue weighted by molar-refractivity contribution is -0.119. The van der Waals surface area contributed by atoms with Gasteiger partial charge in [-0.1, -0.05) is 19.4 Å². The van der Waals surface area contributed by atoms with Crippen molar-refractivity contribution in [3.05, 3.63) is 30.0 Å². The normalized spacial score (nSPS) is 19.0. The molecule has 3 amide bonds. The zero-order valence-electron chi connectivity index (χ0n) is 22.3. The predicted molar refractivity (Wildman–Crippen MR) is 140 cm³/mol. The van der Waals surface area contributed by atoms with E-state index in [0.717, 1.165) is 0 Å². The number of fused-ring (bicyclic) bond motifs is 6. The molecular formula is C27H34N4O7. The summed E-state index contributed by atoms with van der Waals surface area (Å²) >= 11 is 0. The molecule has 2 atom stereocenters. The number of carbonyl (C=O) groups is 3. The Morgan fingerprint density at radius 1 is 1.08 bits per heavy atom. The number of ether oxygens (including phenoxy) is 4. The molecule has 0 saturated heterocycles. The van der Waals surface area contributed by atoms with Gasteiger partial charge in [-0.25, -0.2) is 14.6 Å². The van der Waals surface area contributed by atoms with Crippen molar-refractivity contribution in [1.29, 1.82) is 0 Å². The maximum Gasteiger partial charge on any atom is 0.411 e. The van der Waals surface area contributed by atoms with Crippen molar-refractivity contribution in [3.63, 3.8) is 0 Å². The maximum atomic E-state index is 13.1. The number of carbonyl (C=O) groups excluding carboxylic acids is 3. The third-order valence-corrected chi connectivity index (χ3v) is 6.16. The van der Waals surface area contributed by atoms with Crippen LogP contribution in [-0.2, 0) is 14.3 Å². The fourth-order valence-electron chi connectivity index (χ4n) is 4.32. The number of hydrogen-bond donors (Lipinski definition) is 3. The van der Waals surface area contributed by atoms with Gasteiger partial charge in [-0.3, -0.25) is 10.1 Å². The molecule has 0 spiro atoms. The molecule has 0 aliphatic carbocycles. The lowest BCUT2D eigenvalue weighted by Gasteiger charge is -2.27. The molecule has 11 nitrogen and oxygen atoms in total. The van der Waals surface area contributed by atoms with Crippen molar-refractivity contribution in [2.75, 3.05) is 31.0 Å². The standard InChI is InChI=1S/C27H34N4O7/c1-15-7-6-8-19(31-26(34)38-27(2,3)4)21-14-18(22-24(30-21)37-12-11-36-22)17-10-9-16(28-25(33)35-5)13-20(17)29-23(15)32/h9-10,13-15,19H,6-8,11-12H2,1-5H3,(H,28,33)(H,29,32)(H,31,34)/t15-,19+/m1/s1. The minimum Gasteiger partial charge on any atom is -0.484 e. The minimum atomic E-state index is -0.664. The second-order valence-corrected chi connectivity index (χ2v) is 10.3. The topological polar surface area (TPSA) is 137 Å². The first-order chi connectivity index (χ1) is 18.0. The van der Waals surface area contributed by atoms with Gasteiger partial charge in [0.25, 0.3) is 5.88 Å². The van der Waals surface area contributed by atoms with Crippen LogP contribution in [0, 0.1) is 5.92 Å². The van der Waals surface area contributed by atoms with Crippen LogP contribution in [0.25, 0.3) is 11.1 Å². The third kappa shape index (κ3) is 6.45. The van der Waals surface area contributed by atoms with Crippen LogP contribution in [0.1, 0.15) is 58.7 Å². The molecule has 2 aliphatic rings. The molecule has 0 fully saturated rings. The minimum absolute atomic E-state index is 0.168. The molecule has 2 aliphatic heterocycles. The smallest absolute Gasteiger partial charge is 0.411 e. The molecule has 11 heteroatoms. The zero-order valence-corrected chi connectivity index (χ0v) is 22.3. The van der Waals surface area contributed by atoms with E-state index >= 15 is 0 Å². The highest BCUT2D eigenvalue weighted by atomic mass is 16.6. The molecule has 1 aromatic heterocycles. The molecule has 204 valence electrons. The second-order valence-electron chi connectivity index (χ2n) is 10.3. The van der Waals surface area contributed by atoms with Crippen molar-refractivity contribution >= 4 is 29.5 Å². The lowest BCUT2D eigenvalue weighted by Crippen LogP contribution is -2.35. The quantitative estimate of drug-likeness (QED) is 0.496. The van der Waals surface area contributed by atoms with E-state index in [1.807, 2.05) is 13.0 Å². The Balaban J connectivity index is 1.84. The lowest BCUT2D eigenvalue weighted by atomic mass is 9.94. The summed E-state index contributed by atoms with van der Waals surface area (Å²) in [7, 11) is 1.27. The van der Waals surface area contributed by atoms with Crippen LogP contribution in [0.3, 0.4) is 0 Å². The molecule has 0 unspecified atom stereocenters. The number of amides is 3. The van der Waals surface area contributed by atoms with Gasteiger partial charge in [-0.2, -0.15) is 0 Å². The van der Waals surface area contributed by atoms with E-state index in [1.165, 1.54) is 7.11 Å². The Labute approximate surface area is 221 Å². The number of alkyl carbamates (subject to hydrolysis) is 1. The van der Waals surface area contributed by atoms with E-state index in [9.17, 15) is 14.4 Å². The first kappa shape index (κ1) is 27.0. The van der Waals surface area contributed by atoms with Crippen LogP contribution in [-0.4, -0.2) is 49.0 Å². The van der Waals surface area contributed by atoms with Gasteiger partial charge in [0.2, 0.25) is 5.91 Å². The van der Waals surface area contributed by atoms with Gasteiger partial charge in [0, 0.05) is 22.7 Å². The van der Waals surface area contributed by atoms with Gasteiger partial charge >= 0.3 is 12.2 Å². The highest BCUT2D eigenvalue weighted by Crippen LogP contribution is 2.44. The number of rotatable bonds is 2. The van der Waals surface area contributed by atoms with Crippen LogP contribution in [0.4, 0.5) is 21.0 Å². The summed E-state index contributed by atoms with van der Waals surface area (Å²) in [6, 6.07) is 6.47. The Bertz CT molecular complexity index is 1220. The van der Waals surface area contributed by atoms with Crippen molar-refractivity contribution < 1.29 is 33.3 Å². The molecule has 3 N–H and O–H groups in total. The van der Waals surface area contributed by atoms with Crippen molar-refractivity contribution in [2.45, 2.75) is 58.6 Å². The van der Waals surface area contributed by atoms with Gasteiger partial charge in [0.05, 0.1) is 24.5 Å². The van der Waals surface area contributed by atoms with Crippen LogP contribution in [0.5, 0.6) is 11.6 Å². The van der Waals surface area contributed by atoms with Crippen LogP contribution in [0.2, 0.25) is 0 Å². The van der Waals surface area contributed by atoms with Crippen molar-refractivity contribution in [1.82, 2.24) is 10.3 Å². The molecule has 1 aromatic carbocycles. The van der Waals surface area contributed by atoms with Crippen molar-refractivity contribution in [2.24, 2.45) is 5.92 Å². The fourth-order valence-corrected chi connectivity index (χ4v) is 4.32.